The van der Waals surface area contributed by atoms with Crippen molar-refractivity contribution in [2.75, 3.05) is 40.0 Å². The first-order valence-electron chi connectivity index (χ1n) is 9.57. The molecule has 146 valence electrons. The lowest BCUT2D eigenvalue weighted by Gasteiger charge is -2.24. The van der Waals surface area contributed by atoms with Gasteiger partial charge in [0.05, 0.1) is 18.8 Å². The Morgan fingerprint density at radius 2 is 1.96 bits per heavy atom. The molecule has 2 N–H and O–H groups in total. The molecule has 0 spiro atoms. The minimum absolute atomic E-state index is 0.0842. The van der Waals surface area contributed by atoms with Gasteiger partial charge in [0.15, 0.2) is 17.5 Å². The predicted molar refractivity (Wildman–Crippen MR) is 105 cm³/mol. The van der Waals surface area contributed by atoms with Gasteiger partial charge >= 0.3 is 0 Å². The fourth-order valence-corrected chi connectivity index (χ4v) is 3.04. The summed E-state index contributed by atoms with van der Waals surface area (Å²) < 4.78 is 17.1. The van der Waals surface area contributed by atoms with E-state index in [0.29, 0.717) is 13.2 Å². The van der Waals surface area contributed by atoms with Crippen LogP contribution in [0.3, 0.4) is 0 Å². The van der Waals surface area contributed by atoms with Gasteiger partial charge < -0.3 is 24.8 Å². The zero-order chi connectivity index (χ0) is 18.8. The van der Waals surface area contributed by atoms with Gasteiger partial charge in [-0.05, 0) is 57.7 Å². The molecule has 1 heterocycles. The number of hydrogen-bond donors (Lipinski definition) is 2. The van der Waals surface area contributed by atoms with Crippen molar-refractivity contribution in [1.29, 1.82) is 0 Å². The molecule has 1 aromatic rings. The van der Waals surface area contributed by atoms with Crippen LogP contribution in [-0.2, 0) is 11.2 Å². The number of guanidine groups is 1. The first kappa shape index (κ1) is 20.4. The predicted octanol–water partition coefficient (Wildman–Crippen LogP) is 2.76. The maximum absolute atomic E-state index is 5.81. The van der Waals surface area contributed by atoms with E-state index in [2.05, 4.69) is 34.7 Å². The zero-order valence-corrected chi connectivity index (χ0v) is 16.6. The van der Waals surface area contributed by atoms with Gasteiger partial charge in [-0.3, -0.25) is 4.99 Å². The molecule has 1 aromatic carbocycles. The van der Waals surface area contributed by atoms with Crippen LogP contribution in [0.5, 0.6) is 11.5 Å². The fourth-order valence-electron chi connectivity index (χ4n) is 3.04. The third kappa shape index (κ3) is 6.09. The maximum Gasteiger partial charge on any atom is 0.191 e. The second kappa shape index (κ2) is 10.3. The Bertz CT molecular complexity index is 584. The molecule has 0 radical (unpaired) electrons. The second-order valence-electron chi connectivity index (χ2n) is 6.65. The summed E-state index contributed by atoms with van der Waals surface area (Å²) in [6.07, 6.45) is 3.09. The maximum atomic E-state index is 5.81. The highest BCUT2D eigenvalue weighted by atomic mass is 16.5. The summed E-state index contributed by atoms with van der Waals surface area (Å²) in [6.45, 7) is 9.77. The van der Waals surface area contributed by atoms with E-state index in [4.69, 9.17) is 14.2 Å². The van der Waals surface area contributed by atoms with E-state index in [-0.39, 0.29) is 5.60 Å². The molecule has 26 heavy (non-hydrogen) atoms. The van der Waals surface area contributed by atoms with Crippen molar-refractivity contribution >= 4 is 5.96 Å². The average molecular weight is 364 g/mol. The van der Waals surface area contributed by atoms with Crippen molar-refractivity contribution in [1.82, 2.24) is 10.6 Å². The number of ether oxygens (including phenoxy) is 3. The molecular formula is C20H33N3O3. The third-order valence-electron chi connectivity index (χ3n) is 4.47. The van der Waals surface area contributed by atoms with Crippen LogP contribution in [0.2, 0.25) is 0 Å². The van der Waals surface area contributed by atoms with E-state index >= 15 is 0 Å². The van der Waals surface area contributed by atoms with Crippen LogP contribution in [0.4, 0.5) is 0 Å². The molecule has 1 unspecified atom stereocenters. The van der Waals surface area contributed by atoms with Gasteiger partial charge in [-0.2, -0.15) is 0 Å². The Morgan fingerprint density at radius 1 is 1.19 bits per heavy atom. The number of benzene rings is 1. The zero-order valence-electron chi connectivity index (χ0n) is 16.6. The number of nitrogens with one attached hydrogen (secondary N) is 2. The van der Waals surface area contributed by atoms with Gasteiger partial charge in [0.2, 0.25) is 0 Å². The molecule has 1 saturated heterocycles. The van der Waals surface area contributed by atoms with Gasteiger partial charge in [-0.1, -0.05) is 6.07 Å². The van der Waals surface area contributed by atoms with E-state index in [0.717, 1.165) is 56.4 Å². The highest BCUT2D eigenvalue weighted by Gasteiger charge is 2.29. The van der Waals surface area contributed by atoms with Crippen LogP contribution < -0.4 is 20.1 Å². The Kier molecular flexibility index (Phi) is 8.04. The first-order valence-corrected chi connectivity index (χ1v) is 9.57. The van der Waals surface area contributed by atoms with Gasteiger partial charge in [-0.15, -0.1) is 0 Å². The summed E-state index contributed by atoms with van der Waals surface area (Å²) in [5.74, 6) is 2.41. The van der Waals surface area contributed by atoms with Crippen LogP contribution >= 0.6 is 0 Å². The van der Waals surface area contributed by atoms with Crippen LogP contribution in [0.15, 0.2) is 23.2 Å². The van der Waals surface area contributed by atoms with E-state index in [9.17, 15) is 0 Å². The molecule has 0 aliphatic carbocycles. The van der Waals surface area contributed by atoms with Crippen molar-refractivity contribution in [2.24, 2.45) is 4.99 Å². The molecule has 1 aliphatic heterocycles. The number of hydrogen-bond acceptors (Lipinski definition) is 4. The van der Waals surface area contributed by atoms with Crippen molar-refractivity contribution in [3.63, 3.8) is 0 Å². The summed E-state index contributed by atoms with van der Waals surface area (Å²) in [4.78, 5) is 4.29. The van der Waals surface area contributed by atoms with E-state index in [1.165, 1.54) is 5.56 Å². The highest BCUT2D eigenvalue weighted by Crippen LogP contribution is 2.28. The Morgan fingerprint density at radius 3 is 2.62 bits per heavy atom. The molecule has 0 aromatic heterocycles. The lowest BCUT2D eigenvalue weighted by molar-refractivity contribution is 0.0243. The minimum atomic E-state index is -0.0842. The molecule has 1 aliphatic rings. The third-order valence-corrected chi connectivity index (χ3v) is 4.47. The van der Waals surface area contributed by atoms with Crippen molar-refractivity contribution < 1.29 is 14.2 Å². The largest absolute Gasteiger partial charge is 0.490 e. The van der Waals surface area contributed by atoms with Crippen LogP contribution in [-0.4, -0.2) is 51.5 Å². The molecule has 1 fully saturated rings. The lowest BCUT2D eigenvalue weighted by atomic mass is 10.0. The molecule has 1 atom stereocenters. The summed E-state index contributed by atoms with van der Waals surface area (Å²) >= 11 is 0. The lowest BCUT2D eigenvalue weighted by Crippen LogP contribution is -2.45. The van der Waals surface area contributed by atoms with Crippen LogP contribution in [0, 0.1) is 0 Å². The number of rotatable bonds is 9. The molecule has 0 amide bonds. The summed E-state index contributed by atoms with van der Waals surface area (Å²) in [5, 5.41) is 6.73. The van der Waals surface area contributed by atoms with Crippen LogP contribution in [0.25, 0.3) is 0 Å². The summed E-state index contributed by atoms with van der Waals surface area (Å²) in [6, 6.07) is 6.12. The Labute approximate surface area is 157 Å². The Balaban J connectivity index is 1.82. The SMILES string of the molecule is CCOc1ccc(CCNC(=NC)NCC2(C)CCCO2)cc1OCC. The quantitative estimate of drug-likeness (QED) is 0.522. The smallest absolute Gasteiger partial charge is 0.191 e. The molecule has 6 nitrogen and oxygen atoms in total. The second-order valence-corrected chi connectivity index (χ2v) is 6.65. The molecule has 2 rings (SSSR count). The summed E-state index contributed by atoms with van der Waals surface area (Å²) in [7, 11) is 1.79. The van der Waals surface area contributed by atoms with Crippen molar-refractivity contribution in [2.45, 2.75) is 45.6 Å². The molecule has 6 heteroatoms. The standard InChI is InChI=1S/C20H33N3O3/c1-5-24-17-9-8-16(14-18(17)25-6-2)10-12-22-19(21-4)23-15-20(3)11-7-13-26-20/h8-9,14H,5-7,10-13,15H2,1-4H3,(H2,21,22,23). The molecule has 0 bridgehead atoms. The number of nitrogens with zero attached hydrogens (tertiary/aromatic N) is 1. The van der Waals surface area contributed by atoms with E-state index in [1.807, 2.05) is 19.9 Å². The van der Waals surface area contributed by atoms with Crippen LogP contribution in [0.1, 0.15) is 39.2 Å². The average Bonchev–Trinajstić information content (AvgIpc) is 3.07. The van der Waals surface area contributed by atoms with Gasteiger partial charge in [0, 0.05) is 26.7 Å². The normalized spacial score (nSPS) is 20.1. The molecule has 0 saturated carbocycles. The number of aliphatic imine (C=N–C) groups is 1. The van der Waals surface area contributed by atoms with Gasteiger partial charge in [0.25, 0.3) is 0 Å². The first-order chi connectivity index (χ1) is 12.6. The van der Waals surface area contributed by atoms with E-state index < -0.39 is 0 Å². The van der Waals surface area contributed by atoms with Gasteiger partial charge in [0.1, 0.15) is 0 Å². The highest BCUT2D eigenvalue weighted by molar-refractivity contribution is 5.79. The monoisotopic (exact) mass is 363 g/mol. The van der Waals surface area contributed by atoms with Crippen molar-refractivity contribution in [3.8, 4) is 11.5 Å². The molecular weight excluding hydrogens is 330 g/mol. The van der Waals surface area contributed by atoms with E-state index in [1.54, 1.807) is 7.05 Å². The fraction of sp³-hybridized carbons (Fsp3) is 0.650. The summed E-state index contributed by atoms with van der Waals surface area (Å²) in [5.41, 5.74) is 1.12. The minimum Gasteiger partial charge on any atom is -0.490 e. The van der Waals surface area contributed by atoms with Crippen molar-refractivity contribution in [3.05, 3.63) is 23.8 Å². The topological polar surface area (TPSA) is 64.1 Å². The Hall–Kier alpha value is -1.95. The van der Waals surface area contributed by atoms with Gasteiger partial charge in [-0.25, -0.2) is 0 Å².